The van der Waals surface area contributed by atoms with Crippen molar-refractivity contribution in [1.29, 1.82) is 0 Å². The van der Waals surface area contributed by atoms with Gasteiger partial charge in [-0.25, -0.2) is 4.79 Å². The Bertz CT molecular complexity index is 606. The number of carboxylic acid groups (broad SMARTS) is 1. The summed E-state index contributed by atoms with van der Waals surface area (Å²) in [7, 11) is 0. The van der Waals surface area contributed by atoms with Crippen molar-refractivity contribution >= 4 is 35.5 Å². The lowest BCUT2D eigenvalue weighted by Crippen LogP contribution is -2.60. The minimum atomic E-state index is -1.35. The number of carboxylic acids is 1. The van der Waals surface area contributed by atoms with Crippen molar-refractivity contribution < 1.29 is 29.4 Å². The number of amides is 3. The second kappa shape index (κ2) is 15.0. The van der Waals surface area contributed by atoms with Crippen molar-refractivity contribution in [1.82, 2.24) is 16.0 Å². The fourth-order valence-electron chi connectivity index (χ4n) is 2.73. The van der Waals surface area contributed by atoms with E-state index >= 15 is 0 Å². The summed E-state index contributed by atoms with van der Waals surface area (Å²) < 4.78 is 0. The minimum absolute atomic E-state index is 0.258. The fourth-order valence-corrected chi connectivity index (χ4v) is 3.22. The SMILES string of the molecule is CCC(C)C(NC(=O)C(CO)NC(=O)C(NC(=O)C(N)CCSC)C(C)CC)C(=O)O. The normalized spacial score (nSPS) is 16.9. The molecule has 0 aromatic heterocycles. The lowest BCUT2D eigenvalue weighted by molar-refractivity contribution is -0.144. The van der Waals surface area contributed by atoms with Crippen molar-refractivity contribution in [2.24, 2.45) is 17.6 Å². The van der Waals surface area contributed by atoms with Crippen molar-refractivity contribution in [3.8, 4) is 0 Å². The van der Waals surface area contributed by atoms with Gasteiger partial charge in [0.25, 0.3) is 0 Å². The van der Waals surface area contributed by atoms with E-state index in [4.69, 9.17) is 5.73 Å². The Morgan fingerprint density at radius 1 is 0.903 bits per heavy atom. The third kappa shape index (κ3) is 9.88. The average molecular weight is 463 g/mol. The van der Waals surface area contributed by atoms with Crippen molar-refractivity contribution in [2.45, 2.75) is 71.1 Å². The highest BCUT2D eigenvalue weighted by Gasteiger charge is 2.33. The van der Waals surface area contributed by atoms with Gasteiger partial charge in [0.15, 0.2) is 0 Å². The predicted molar refractivity (Wildman–Crippen MR) is 120 cm³/mol. The zero-order valence-electron chi connectivity index (χ0n) is 19.0. The van der Waals surface area contributed by atoms with Crippen molar-refractivity contribution in [2.75, 3.05) is 18.6 Å². The molecule has 6 atom stereocenters. The number of hydrogen-bond donors (Lipinski definition) is 6. The number of carbonyl (C=O) groups is 4. The summed E-state index contributed by atoms with van der Waals surface area (Å²) >= 11 is 1.55. The van der Waals surface area contributed by atoms with Gasteiger partial charge in [0.2, 0.25) is 17.7 Å². The number of rotatable bonds is 15. The molecular formula is C20H38N4O6S. The summed E-state index contributed by atoms with van der Waals surface area (Å²) in [5.41, 5.74) is 5.88. The maximum Gasteiger partial charge on any atom is 0.326 e. The number of aliphatic hydroxyl groups is 1. The zero-order chi connectivity index (χ0) is 24.1. The molecule has 0 aliphatic heterocycles. The van der Waals surface area contributed by atoms with Crippen LogP contribution in [0.1, 0.15) is 47.0 Å². The monoisotopic (exact) mass is 462 g/mol. The Hall–Kier alpha value is -1.85. The van der Waals surface area contributed by atoms with Gasteiger partial charge < -0.3 is 31.9 Å². The molecule has 0 aromatic carbocycles. The zero-order valence-corrected chi connectivity index (χ0v) is 19.8. The van der Waals surface area contributed by atoms with Gasteiger partial charge >= 0.3 is 5.97 Å². The van der Waals surface area contributed by atoms with Crippen LogP contribution in [0.3, 0.4) is 0 Å². The predicted octanol–water partition coefficient (Wildman–Crippen LogP) is -0.310. The Kier molecular flexibility index (Phi) is 14.1. The topological polar surface area (TPSA) is 171 Å². The van der Waals surface area contributed by atoms with Gasteiger partial charge in [-0.05, 0) is 30.3 Å². The van der Waals surface area contributed by atoms with Crippen molar-refractivity contribution in [3.63, 3.8) is 0 Å². The molecule has 0 heterocycles. The van der Waals surface area contributed by atoms with Crippen LogP contribution in [0.5, 0.6) is 0 Å². The van der Waals surface area contributed by atoms with E-state index in [1.807, 2.05) is 13.2 Å². The Morgan fingerprint density at radius 3 is 1.87 bits per heavy atom. The van der Waals surface area contributed by atoms with Gasteiger partial charge in [-0.15, -0.1) is 0 Å². The number of nitrogens with two attached hydrogens (primary N) is 1. The maximum atomic E-state index is 12.8. The molecule has 0 aromatic rings. The smallest absolute Gasteiger partial charge is 0.326 e. The van der Waals surface area contributed by atoms with Crippen LogP contribution in [0, 0.1) is 11.8 Å². The van der Waals surface area contributed by atoms with Crippen LogP contribution < -0.4 is 21.7 Å². The van der Waals surface area contributed by atoms with Gasteiger partial charge in [-0.1, -0.05) is 40.5 Å². The third-order valence-corrected chi connectivity index (χ3v) is 6.00. The second-order valence-corrected chi connectivity index (χ2v) is 8.70. The molecule has 7 N–H and O–H groups in total. The fraction of sp³-hybridized carbons (Fsp3) is 0.800. The van der Waals surface area contributed by atoms with Gasteiger partial charge in [0.1, 0.15) is 18.1 Å². The Labute approximate surface area is 188 Å². The highest BCUT2D eigenvalue weighted by molar-refractivity contribution is 7.98. The van der Waals surface area contributed by atoms with Crippen LogP contribution in [0.2, 0.25) is 0 Å². The van der Waals surface area contributed by atoms with Crippen molar-refractivity contribution in [3.05, 3.63) is 0 Å². The molecule has 0 spiro atoms. The van der Waals surface area contributed by atoms with Crippen LogP contribution in [-0.2, 0) is 19.2 Å². The van der Waals surface area contributed by atoms with Crippen LogP contribution in [-0.4, -0.2) is 76.7 Å². The van der Waals surface area contributed by atoms with Crippen LogP contribution in [0.15, 0.2) is 0 Å². The maximum absolute atomic E-state index is 12.8. The highest BCUT2D eigenvalue weighted by Crippen LogP contribution is 2.11. The Morgan fingerprint density at radius 2 is 1.42 bits per heavy atom. The number of aliphatic carboxylic acids is 1. The first-order valence-corrected chi connectivity index (χ1v) is 11.9. The lowest BCUT2D eigenvalue weighted by atomic mass is 9.97. The summed E-state index contributed by atoms with van der Waals surface area (Å²) in [6, 6.07) is -4.23. The summed E-state index contributed by atoms with van der Waals surface area (Å²) in [5, 5.41) is 26.4. The van der Waals surface area contributed by atoms with E-state index in [2.05, 4.69) is 16.0 Å². The highest BCUT2D eigenvalue weighted by atomic mass is 32.2. The molecule has 180 valence electrons. The van der Waals surface area contributed by atoms with Crippen LogP contribution in [0.4, 0.5) is 0 Å². The first kappa shape index (κ1) is 29.1. The summed E-state index contributed by atoms with van der Waals surface area (Å²) in [6.07, 6.45) is 3.45. The number of carbonyl (C=O) groups excluding carboxylic acids is 3. The Balaban J connectivity index is 5.28. The molecule has 0 aliphatic rings. The molecule has 6 unspecified atom stereocenters. The number of nitrogens with one attached hydrogen (secondary N) is 3. The number of hydrogen-bond acceptors (Lipinski definition) is 7. The van der Waals surface area contributed by atoms with E-state index in [0.717, 1.165) is 0 Å². The lowest BCUT2D eigenvalue weighted by Gasteiger charge is -2.28. The summed E-state index contributed by atoms with van der Waals surface area (Å²) in [6.45, 7) is 6.38. The molecular weight excluding hydrogens is 424 g/mol. The molecule has 10 nitrogen and oxygen atoms in total. The largest absolute Gasteiger partial charge is 0.480 e. The first-order chi connectivity index (χ1) is 14.5. The molecule has 0 bridgehead atoms. The van der Waals surface area contributed by atoms with E-state index in [-0.39, 0.29) is 11.8 Å². The van der Waals surface area contributed by atoms with Gasteiger partial charge in [-0.3, -0.25) is 14.4 Å². The molecule has 3 amide bonds. The molecule has 0 fully saturated rings. The molecule has 0 rings (SSSR count). The number of aliphatic hydroxyl groups excluding tert-OH is 1. The standard InChI is InChI=1S/C20H38N4O6S/c1-6-11(3)15(23-17(26)13(21)8-9-31-5)19(28)22-14(10-25)18(27)24-16(20(29)30)12(4)7-2/h11-16,25H,6-10,21H2,1-5H3,(H,22,28)(H,23,26)(H,24,27)(H,29,30). The van der Waals surface area contributed by atoms with Crippen LogP contribution >= 0.6 is 11.8 Å². The van der Waals surface area contributed by atoms with E-state index in [1.165, 1.54) is 0 Å². The molecule has 31 heavy (non-hydrogen) atoms. The number of thioether (sulfide) groups is 1. The molecule has 11 heteroatoms. The molecule has 0 radical (unpaired) electrons. The van der Waals surface area contributed by atoms with Gasteiger partial charge in [0, 0.05) is 0 Å². The summed E-state index contributed by atoms with van der Waals surface area (Å²) in [4.78, 5) is 49.1. The quantitative estimate of drug-likeness (QED) is 0.192. The van der Waals surface area contributed by atoms with E-state index < -0.39 is 54.5 Å². The van der Waals surface area contributed by atoms with Gasteiger partial charge in [0.05, 0.1) is 12.6 Å². The third-order valence-electron chi connectivity index (χ3n) is 5.36. The average Bonchev–Trinajstić information content (AvgIpc) is 2.75. The van der Waals surface area contributed by atoms with Gasteiger partial charge in [-0.2, -0.15) is 11.8 Å². The summed E-state index contributed by atoms with van der Waals surface area (Å²) in [5.74, 6) is -3.03. The van der Waals surface area contributed by atoms with Crippen LogP contribution in [0.25, 0.3) is 0 Å². The molecule has 0 aliphatic carbocycles. The second-order valence-electron chi connectivity index (χ2n) is 7.71. The minimum Gasteiger partial charge on any atom is -0.480 e. The molecule has 0 saturated heterocycles. The van der Waals surface area contributed by atoms with E-state index in [9.17, 15) is 29.4 Å². The first-order valence-electron chi connectivity index (χ1n) is 10.5. The van der Waals surface area contributed by atoms with E-state index in [0.29, 0.717) is 25.0 Å². The molecule has 0 saturated carbocycles. The van der Waals surface area contributed by atoms with E-state index in [1.54, 1.807) is 32.5 Å².